The minimum atomic E-state index is -3.08. The predicted molar refractivity (Wildman–Crippen MR) is 83.8 cm³/mol. The van der Waals surface area contributed by atoms with Crippen LogP contribution in [0.2, 0.25) is 4.34 Å². The first-order chi connectivity index (χ1) is 9.94. The van der Waals surface area contributed by atoms with Gasteiger partial charge in [-0.1, -0.05) is 11.6 Å². The van der Waals surface area contributed by atoms with E-state index in [-0.39, 0.29) is 29.5 Å². The lowest BCUT2D eigenvalue weighted by molar-refractivity contribution is 0.0923. The highest BCUT2D eigenvalue weighted by atomic mass is 35.5. The van der Waals surface area contributed by atoms with Gasteiger partial charge in [-0.05, 0) is 38.1 Å². The van der Waals surface area contributed by atoms with Crippen LogP contribution in [0.25, 0.3) is 0 Å². The topological polar surface area (TPSA) is 66.5 Å². The highest BCUT2D eigenvalue weighted by molar-refractivity contribution is 7.91. The van der Waals surface area contributed by atoms with Gasteiger partial charge in [-0.2, -0.15) is 0 Å². The van der Waals surface area contributed by atoms with Crippen LogP contribution in [0.1, 0.15) is 22.5 Å². The minimum absolute atomic E-state index is 0.0268. The lowest BCUT2D eigenvalue weighted by Gasteiger charge is -2.28. The van der Waals surface area contributed by atoms with Crippen LogP contribution in [-0.4, -0.2) is 55.9 Å². The standard InChI is InChI=1S/C13H17ClN2O3S2/c14-12-4-3-11(20-12)13(17)15-9-7-21(18,19)8-10(9)16-5-1-2-6-16/h3-4,9-10H,1-2,5-8H2,(H,15,17)/t9-,10-/m0/s1. The van der Waals surface area contributed by atoms with Gasteiger partial charge in [-0.15, -0.1) is 11.3 Å². The lowest BCUT2D eigenvalue weighted by Crippen LogP contribution is -2.50. The highest BCUT2D eigenvalue weighted by Gasteiger charge is 2.42. The number of carbonyl (C=O) groups excluding carboxylic acids is 1. The van der Waals surface area contributed by atoms with Crippen LogP contribution in [0.3, 0.4) is 0 Å². The van der Waals surface area contributed by atoms with Crippen molar-refractivity contribution in [2.45, 2.75) is 24.9 Å². The fourth-order valence-corrected chi connectivity index (χ4v) is 5.97. The van der Waals surface area contributed by atoms with Gasteiger partial charge in [0.15, 0.2) is 9.84 Å². The fourth-order valence-electron chi connectivity index (χ4n) is 3.08. The molecule has 116 valence electrons. The first kappa shape index (κ1) is 15.3. The summed E-state index contributed by atoms with van der Waals surface area (Å²) in [7, 11) is -3.08. The number of hydrogen-bond donors (Lipinski definition) is 1. The molecule has 2 aliphatic heterocycles. The van der Waals surface area contributed by atoms with Gasteiger partial charge >= 0.3 is 0 Å². The molecular formula is C13H17ClN2O3S2. The van der Waals surface area contributed by atoms with Gasteiger partial charge in [0.1, 0.15) is 0 Å². The Kier molecular flexibility index (Phi) is 4.27. The summed E-state index contributed by atoms with van der Waals surface area (Å²) in [5.74, 6) is -0.0690. The van der Waals surface area contributed by atoms with Crippen LogP contribution < -0.4 is 5.32 Å². The Bertz CT molecular complexity index is 638. The summed E-state index contributed by atoms with van der Waals surface area (Å²) in [6.45, 7) is 1.83. The van der Waals surface area contributed by atoms with Gasteiger partial charge in [0.2, 0.25) is 0 Å². The second-order valence-electron chi connectivity index (χ2n) is 5.57. The second-order valence-corrected chi connectivity index (χ2v) is 9.44. The third-order valence-electron chi connectivity index (χ3n) is 4.05. The zero-order valence-corrected chi connectivity index (χ0v) is 13.8. The molecule has 2 saturated heterocycles. The number of nitrogens with zero attached hydrogens (tertiary/aromatic N) is 1. The lowest BCUT2D eigenvalue weighted by atomic mass is 10.1. The molecule has 0 radical (unpaired) electrons. The summed E-state index contributed by atoms with van der Waals surface area (Å²) in [6, 6.07) is 2.90. The summed E-state index contributed by atoms with van der Waals surface area (Å²) in [4.78, 5) is 14.9. The maximum atomic E-state index is 12.2. The molecule has 0 unspecified atom stereocenters. The van der Waals surface area contributed by atoms with Crippen LogP contribution in [-0.2, 0) is 9.84 Å². The van der Waals surface area contributed by atoms with Gasteiger partial charge in [0, 0.05) is 6.04 Å². The maximum Gasteiger partial charge on any atom is 0.261 e. The molecule has 5 nitrogen and oxygen atoms in total. The molecule has 0 aromatic carbocycles. The molecule has 2 fully saturated rings. The number of sulfone groups is 1. The Labute approximate surface area is 133 Å². The molecule has 3 heterocycles. The Morgan fingerprint density at radius 2 is 2.00 bits per heavy atom. The van der Waals surface area contributed by atoms with Crippen LogP contribution in [0, 0.1) is 0 Å². The molecule has 3 rings (SSSR count). The van der Waals surface area contributed by atoms with E-state index in [9.17, 15) is 13.2 Å². The summed E-state index contributed by atoms with van der Waals surface area (Å²) in [5.41, 5.74) is 0. The Hall–Kier alpha value is -0.630. The molecule has 1 amide bonds. The number of thiophene rings is 1. The molecule has 21 heavy (non-hydrogen) atoms. The third-order valence-corrected chi connectivity index (χ3v) is 6.99. The van der Waals surface area contributed by atoms with E-state index in [4.69, 9.17) is 11.6 Å². The molecule has 1 aromatic rings. The van der Waals surface area contributed by atoms with Crippen molar-refractivity contribution in [1.82, 2.24) is 10.2 Å². The fraction of sp³-hybridized carbons (Fsp3) is 0.615. The average Bonchev–Trinajstić information content (AvgIpc) is 3.09. The van der Waals surface area contributed by atoms with Gasteiger partial charge in [0.05, 0.1) is 26.8 Å². The van der Waals surface area contributed by atoms with Crippen LogP contribution in [0.5, 0.6) is 0 Å². The van der Waals surface area contributed by atoms with E-state index >= 15 is 0 Å². The average molecular weight is 349 g/mol. The van der Waals surface area contributed by atoms with Crippen molar-refractivity contribution in [3.05, 3.63) is 21.3 Å². The number of rotatable bonds is 3. The Balaban J connectivity index is 1.74. The number of hydrogen-bond acceptors (Lipinski definition) is 5. The third kappa shape index (κ3) is 3.41. The van der Waals surface area contributed by atoms with Crippen LogP contribution in [0.4, 0.5) is 0 Å². The maximum absolute atomic E-state index is 12.2. The largest absolute Gasteiger partial charge is 0.346 e. The van der Waals surface area contributed by atoms with E-state index in [1.165, 1.54) is 11.3 Å². The van der Waals surface area contributed by atoms with Crippen molar-refractivity contribution in [2.24, 2.45) is 0 Å². The Morgan fingerprint density at radius 1 is 1.29 bits per heavy atom. The van der Waals surface area contributed by atoms with E-state index in [0.717, 1.165) is 25.9 Å². The summed E-state index contributed by atoms with van der Waals surface area (Å²) in [5, 5.41) is 2.88. The Morgan fingerprint density at radius 3 is 2.62 bits per heavy atom. The van der Waals surface area contributed by atoms with Crippen LogP contribution >= 0.6 is 22.9 Å². The first-order valence-electron chi connectivity index (χ1n) is 6.95. The number of likely N-dealkylation sites (tertiary alicyclic amines) is 1. The predicted octanol–water partition coefficient (Wildman–Crippen LogP) is 1.39. The van der Waals surface area contributed by atoms with Crippen molar-refractivity contribution < 1.29 is 13.2 Å². The molecule has 0 bridgehead atoms. The monoisotopic (exact) mass is 348 g/mol. The van der Waals surface area contributed by atoms with Crippen molar-refractivity contribution in [2.75, 3.05) is 24.6 Å². The highest BCUT2D eigenvalue weighted by Crippen LogP contribution is 2.25. The van der Waals surface area contributed by atoms with E-state index in [2.05, 4.69) is 10.2 Å². The molecule has 2 atom stereocenters. The van der Waals surface area contributed by atoms with E-state index in [1.54, 1.807) is 12.1 Å². The molecule has 0 spiro atoms. The molecule has 1 N–H and O–H groups in total. The summed E-state index contributed by atoms with van der Waals surface area (Å²) in [6.07, 6.45) is 2.19. The van der Waals surface area contributed by atoms with Gasteiger partial charge < -0.3 is 5.32 Å². The van der Waals surface area contributed by atoms with Gasteiger partial charge in [0.25, 0.3) is 5.91 Å². The zero-order valence-electron chi connectivity index (χ0n) is 11.4. The SMILES string of the molecule is O=C(N[C@H]1CS(=O)(=O)C[C@@H]1N1CCCC1)c1ccc(Cl)s1. The quantitative estimate of drug-likeness (QED) is 0.896. The number of carbonyl (C=O) groups is 1. The number of halogens is 1. The molecule has 0 aliphatic carbocycles. The van der Waals surface area contributed by atoms with E-state index in [1.807, 2.05) is 0 Å². The number of amides is 1. The van der Waals surface area contributed by atoms with Crippen molar-refractivity contribution in [3.63, 3.8) is 0 Å². The van der Waals surface area contributed by atoms with E-state index < -0.39 is 9.84 Å². The smallest absolute Gasteiger partial charge is 0.261 e. The van der Waals surface area contributed by atoms with Crippen LogP contribution in [0.15, 0.2) is 12.1 Å². The summed E-state index contributed by atoms with van der Waals surface area (Å²) < 4.78 is 24.4. The van der Waals surface area contributed by atoms with Gasteiger partial charge in [-0.3, -0.25) is 9.69 Å². The zero-order chi connectivity index (χ0) is 15.0. The van der Waals surface area contributed by atoms with Crippen molar-refractivity contribution in [1.29, 1.82) is 0 Å². The minimum Gasteiger partial charge on any atom is -0.346 e. The normalized spacial score (nSPS) is 28.8. The molecule has 0 saturated carbocycles. The molecule has 8 heteroatoms. The first-order valence-corrected chi connectivity index (χ1v) is 9.97. The second kappa shape index (κ2) is 5.87. The van der Waals surface area contributed by atoms with Gasteiger partial charge in [-0.25, -0.2) is 8.42 Å². The number of nitrogens with one attached hydrogen (secondary N) is 1. The summed E-state index contributed by atoms with van der Waals surface area (Å²) >= 11 is 7.04. The van der Waals surface area contributed by atoms with Crippen molar-refractivity contribution in [3.8, 4) is 0 Å². The molecule has 1 aromatic heterocycles. The molecule has 2 aliphatic rings. The van der Waals surface area contributed by atoms with Crippen molar-refractivity contribution >= 4 is 38.7 Å². The van der Waals surface area contributed by atoms with E-state index in [0.29, 0.717) is 9.21 Å². The molecular weight excluding hydrogens is 332 g/mol.